The maximum absolute atomic E-state index is 12.8. The van der Waals surface area contributed by atoms with E-state index in [1.807, 2.05) is 24.3 Å². The summed E-state index contributed by atoms with van der Waals surface area (Å²) in [7, 11) is 4.23. The predicted octanol–water partition coefficient (Wildman–Crippen LogP) is 6.64. The van der Waals surface area contributed by atoms with E-state index in [4.69, 9.17) is 28.8 Å². The molecule has 13 heteroatoms. The zero-order valence-electron chi connectivity index (χ0n) is 28.2. The molecule has 0 aliphatic rings. The zero-order valence-corrected chi connectivity index (χ0v) is 29.7. The Balaban J connectivity index is 1.21. The summed E-state index contributed by atoms with van der Waals surface area (Å²) in [4.78, 5) is 39.4. The van der Waals surface area contributed by atoms with Gasteiger partial charge in [-0.05, 0) is 98.8 Å². The first kappa shape index (κ1) is 37.4. The van der Waals surface area contributed by atoms with E-state index in [0.29, 0.717) is 12.3 Å². The van der Waals surface area contributed by atoms with E-state index in [2.05, 4.69) is 81.0 Å². The van der Waals surface area contributed by atoms with Crippen molar-refractivity contribution < 1.29 is 9.59 Å². The number of nitrogens with two attached hydrogens (primary N) is 3. The van der Waals surface area contributed by atoms with Crippen LogP contribution in [0, 0.1) is 0 Å². The van der Waals surface area contributed by atoms with Gasteiger partial charge in [-0.1, -0.05) is 84.7 Å². The molecular weight excluding hydrogens is 658 g/mol. The summed E-state index contributed by atoms with van der Waals surface area (Å²) < 4.78 is 0. The number of rotatable bonds is 16. The van der Waals surface area contributed by atoms with Crippen LogP contribution in [-0.4, -0.2) is 59.2 Å². The number of unbranched alkanes of at least 4 members (excludes halogenated alkanes) is 4. The fraction of sp³-hybridized carbons (Fsp3) is 0.361. The molecule has 4 rings (SSSR count). The number of halogens is 1. The lowest BCUT2D eigenvalue weighted by atomic mass is 9.97. The molecular formula is C36H46ClN9O2S. The van der Waals surface area contributed by atoms with Gasteiger partial charge >= 0.3 is 0 Å². The number of aliphatic imine (C=N–C) groups is 1. The first-order chi connectivity index (χ1) is 23.6. The highest BCUT2D eigenvalue weighted by atomic mass is 35.5. The van der Waals surface area contributed by atoms with Gasteiger partial charge < -0.3 is 27.4 Å². The Kier molecular flexibility index (Phi) is 14.5. The number of amides is 2. The SMILES string of the molecule is CN(C)CCCCCCc1ccc(NC(=O)SCc2ccc(CCCCN=C(N)NC(=O)c3nc(Cl)c(N)nc3N)c3ccccc23)cc1. The van der Waals surface area contributed by atoms with Crippen molar-refractivity contribution in [3.05, 3.63) is 88.2 Å². The molecule has 3 aromatic carbocycles. The second-order valence-corrected chi connectivity index (χ2v) is 13.4. The normalized spacial score (nSPS) is 11.6. The number of carbonyl (C=O) groups is 2. The molecule has 1 aromatic heterocycles. The molecule has 1 heterocycles. The average molecular weight is 704 g/mol. The van der Waals surface area contributed by atoms with Gasteiger partial charge in [0.2, 0.25) is 0 Å². The zero-order chi connectivity index (χ0) is 35.2. The minimum atomic E-state index is -0.670. The van der Waals surface area contributed by atoms with Crippen LogP contribution in [-0.2, 0) is 18.6 Å². The number of carbonyl (C=O) groups excluding carboxylic acids is 2. The maximum Gasteiger partial charge on any atom is 0.283 e. The number of nitrogens with one attached hydrogen (secondary N) is 2. The Morgan fingerprint density at radius 1 is 0.837 bits per heavy atom. The third kappa shape index (κ3) is 11.9. The van der Waals surface area contributed by atoms with Crippen LogP contribution >= 0.6 is 23.4 Å². The monoisotopic (exact) mass is 703 g/mol. The van der Waals surface area contributed by atoms with Crippen LogP contribution in [0.2, 0.25) is 5.15 Å². The van der Waals surface area contributed by atoms with E-state index >= 15 is 0 Å². The Morgan fingerprint density at radius 3 is 2.24 bits per heavy atom. The van der Waals surface area contributed by atoms with Gasteiger partial charge in [0.05, 0.1) is 0 Å². The van der Waals surface area contributed by atoms with Crippen molar-refractivity contribution in [1.29, 1.82) is 0 Å². The second-order valence-electron chi connectivity index (χ2n) is 12.1. The van der Waals surface area contributed by atoms with Crippen LogP contribution < -0.4 is 27.8 Å². The number of benzene rings is 3. The Hall–Kier alpha value is -4.39. The van der Waals surface area contributed by atoms with Gasteiger partial charge in [0.1, 0.15) is 0 Å². The fourth-order valence-corrected chi connectivity index (χ4v) is 6.24. The quantitative estimate of drug-likeness (QED) is 0.0486. The van der Waals surface area contributed by atoms with Crippen molar-refractivity contribution in [2.75, 3.05) is 44.0 Å². The number of anilines is 3. The lowest BCUT2D eigenvalue weighted by Crippen LogP contribution is -2.38. The van der Waals surface area contributed by atoms with Crippen molar-refractivity contribution in [3.8, 4) is 0 Å². The Morgan fingerprint density at radius 2 is 1.51 bits per heavy atom. The molecule has 11 nitrogen and oxygen atoms in total. The molecule has 0 spiro atoms. The van der Waals surface area contributed by atoms with Gasteiger partial charge in [-0.2, -0.15) is 0 Å². The highest BCUT2D eigenvalue weighted by Gasteiger charge is 2.17. The van der Waals surface area contributed by atoms with E-state index in [1.165, 1.54) is 54.0 Å². The largest absolute Gasteiger partial charge is 0.382 e. The third-order valence-corrected chi connectivity index (χ3v) is 9.08. The molecule has 260 valence electrons. The summed E-state index contributed by atoms with van der Waals surface area (Å²) in [5.41, 5.74) is 21.4. The van der Waals surface area contributed by atoms with Crippen LogP contribution in [0.5, 0.6) is 0 Å². The number of nitrogens with zero attached hydrogens (tertiary/aromatic N) is 4. The molecule has 49 heavy (non-hydrogen) atoms. The van der Waals surface area contributed by atoms with Crippen molar-refractivity contribution in [2.45, 2.75) is 57.1 Å². The second kappa shape index (κ2) is 19.0. The predicted molar refractivity (Wildman–Crippen MR) is 204 cm³/mol. The summed E-state index contributed by atoms with van der Waals surface area (Å²) >= 11 is 7.12. The first-order valence-corrected chi connectivity index (χ1v) is 17.8. The molecule has 0 radical (unpaired) electrons. The van der Waals surface area contributed by atoms with E-state index < -0.39 is 5.91 Å². The van der Waals surface area contributed by atoms with Crippen LogP contribution in [0.4, 0.5) is 22.1 Å². The minimum Gasteiger partial charge on any atom is -0.382 e. The number of nitrogen functional groups attached to an aromatic ring is 2. The molecule has 8 N–H and O–H groups in total. The van der Waals surface area contributed by atoms with E-state index in [0.717, 1.165) is 48.9 Å². The highest BCUT2D eigenvalue weighted by Crippen LogP contribution is 2.28. The van der Waals surface area contributed by atoms with Gasteiger partial charge in [-0.15, -0.1) is 0 Å². The lowest BCUT2D eigenvalue weighted by Gasteiger charge is -2.12. The Bertz CT molecular complexity index is 1750. The summed E-state index contributed by atoms with van der Waals surface area (Å²) in [6.45, 7) is 1.57. The molecule has 4 aromatic rings. The van der Waals surface area contributed by atoms with E-state index in [1.54, 1.807) is 0 Å². The molecule has 0 saturated carbocycles. The van der Waals surface area contributed by atoms with Gasteiger partial charge in [0, 0.05) is 18.0 Å². The summed E-state index contributed by atoms with van der Waals surface area (Å²) in [5.74, 6) is -0.369. The molecule has 2 amide bonds. The minimum absolute atomic E-state index is 0.0513. The standard InChI is InChI=1S/C36H46ClN9O2S/c1-46(2)22-10-4-3-5-11-24-15-19-27(20-16-24)42-36(48)49-23-26-18-17-25(28-13-6-7-14-29(26)28)12-8-9-21-41-35(40)45-34(47)30-32(38)44-33(39)31(37)43-30/h6-7,13-20H,3-5,8-12,21-23H2,1-2H3,(H,42,48)(H4,38,39,44)(H3,40,41,45,47). The molecule has 0 bridgehead atoms. The fourth-order valence-electron chi connectivity index (χ4n) is 5.38. The number of aromatic nitrogens is 2. The van der Waals surface area contributed by atoms with Gasteiger partial charge in [0.15, 0.2) is 28.4 Å². The number of thioether (sulfide) groups is 1. The van der Waals surface area contributed by atoms with Crippen molar-refractivity contribution in [2.24, 2.45) is 10.7 Å². The summed E-state index contributed by atoms with van der Waals surface area (Å²) in [5, 5.41) is 7.58. The van der Waals surface area contributed by atoms with Crippen LogP contribution in [0.15, 0.2) is 65.7 Å². The first-order valence-electron chi connectivity index (χ1n) is 16.5. The van der Waals surface area contributed by atoms with Crippen LogP contribution in [0.1, 0.15) is 65.7 Å². The number of guanidine groups is 1. The van der Waals surface area contributed by atoms with Crippen LogP contribution in [0.25, 0.3) is 10.8 Å². The molecule has 0 fully saturated rings. The average Bonchev–Trinajstić information content (AvgIpc) is 3.07. The highest BCUT2D eigenvalue weighted by molar-refractivity contribution is 8.13. The van der Waals surface area contributed by atoms with Crippen LogP contribution in [0.3, 0.4) is 0 Å². The van der Waals surface area contributed by atoms with E-state index in [-0.39, 0.29) is 33.7 Å². The smallest absolute Gasteiger partial charge is 0.283 e. The summed E-state index contributed by atoms with van der Waals surface area (Å²) in [6, 6.07) is 20.7. The molecule has 0 aliphatic carbocycles. The third-order valence-electron chi connectivity index (χ3n) is 7.98. The molecule has 0 unspecified atom stereocenters. The van der Waals surface area contributed by atoms with Gasteiger partial charge in [-0.3, -0.25) is 19.9 Å². The molecule has 0 saturated heterocycles. The maximum atomic E-state index is 12.8. The molecule has 0 aliphatic heterocycles. The van der Waals surface area contributed by atoms with Crippen molar-refractivity contribution >= 4 is 68.6 Å². The molecule has 0 atom stereocenters. The van der Waals surface area contributed by atoms with Crippen molar-refractivity contribution in [1.82, 2.24) is 20.2 Å². The van der Waals surface area contributed by atoms with E-state index in [9.17, 15) is 9.59 Å². The number of hydrogen-bond donors (Lipinski definition) is 5. The van der Waals surface area contributed by atoms with Gasteiger partial charge in [-0.25, -0.2) is 9.97 Å². The van der Waals surface area contributed by atoms with Gasteiger partial charge in [0.25, 0.3) is 11.1 Å². The number of hydrogen-bond acceptors (Lipinski definition) is 9. The number of fused-ring (bicyclic) bond motifs is 1. The lowest BCUT2D eigenvalue weighted by molar-refractivity contribution is 0.0972. The Labute approximate surface area is 297 Å². The number of aryl methyl sites for hydroxylation is 2. The summed E-state index contributed by atoms with van der Waals surface area (Å²) in [6.07, 6.45) is 8.46. The topological polar surface area (TPSA) is 178 Å². The van der Waals surface area contributed by atoms with Crippen molar-refractivity contribution in [3.63, 3.8) is 0 Å².